The molecule has 0 aliphatic carbocycles. The molecule has 3 nitrogen and oxygen atoms in total. The summed E-state index contributed by atoms with van der Waals surface area (Å²) in [6, 6.07) is 2.96. The third-order valence-corrected chi connectivity index (χ3v) is 2.94. The van der Waals surface area contributed by atoms with E-state index in [2.05, 4.69) is 0 Å². The number of carboxylic acid groups (broad SMARTS) is 1. The Morgan fingerprint density at radius 1 is 1.53 bits per heavy atom. The van der Waals surface area contributed by atoms with E-state index in [0.717, 1.165) is 6.07 Å². The van der Waals surface area contributed by atoms with Gasteiger partial charge in [-0.1, -0.05) is 13.0 Å². The molecule has 1 aromatic carbocycles. The number of hydrogen-bond donors (Lipinski definition) is 2. The van der Waals surface area contributed by atoms with Crippen molar-refractivity contribution in [1.29, 1.82) is 0 Å². The zero-order valence-corrected chi connectivity index (χ0v) is 9.71. The summed E-state index contributed by atoms with van der Waals surface area (Å²) in [5.74, 6) is -3.57. The Labute approximate surface area is 98.2 Å². The molecule has 0 spiro atoms. The second-order valence-electron chi connectivity index (χ2n) is 4.21. The van der Waals surface area contributed by atoms with E-state index in [0.29, 0.717) is 6.07 Å². The van der Waals surface area contributed by atoms with E-state index in [9.17, 15) is 13.6 Å². The first kappa shape index (κ1) is 13.6. The molecule has 0 fully saturated rings. The maximum Gasteiger partial charge on any atom is 0.308 e. The molecule has 0 heterocycles. The van der Waals surface area contributed by atoms with Gasteiger partial charge in [-0.15, -0.1) is 0 Å². The van der Waals surface area contributed by atoms with Gasteiger partial charge in [-0.25, -0.2) is 8.78 Å². The summed E-state index contributed by atoms with van der Waals surface area (Å²) in [6.07, 6.45) is 0.263. The second kappa shape index (κ2) is 4.79. The van der Waals surface area contributed by atoms with Gasteiger partial charge in [0.25, 0.3) is 0 Å². The van der Waals surface area contributed by atoms with Crippen LogP contribution in [0.4, 0.5) is 8.78 Å². The van der Waals surface area contributed by atoms with Crippen LogP contribution in [0.5, 0.6) is 0 Å². The van der Waals surface area contributed by atoms with Crippen molar-refractivity contribution in [2.24, 2.45) is 11.7 Å². The van der Waals surface area contributed by atoms with Gasteiger partial charge in [0.05, 0.1) is 11.5 Å². The Bertz CT molecular complexity index is 433. The number of carbonyl (C=O) groups is 1. The van der Waals surface area contributed by atoms with Crippen molar-refractivity contribution >= 4 is 5.97 Å². The fourth-order valence-electron chi connectivity index (χ4n) is 1.97. The molecule has 0 saturated heterocycles. The van der Waals surface area contributed by atoms with Crippen LogP contribution >= 0.6 is 0 Å². The summed E-state index contributed by atoms with van der Waals surface area (Å²) in [5.41, 5.74) is 4.53. The summed E-state index contributed by atoms with van der Waals surface area (Å²) >= 11 is 0. The van der Waals surface area contributed by atoms with Gasteiger partial charge < -0.3 is 10.8 Å². The summed E-state index contributed by atoms with van der Waals surface area (Å²) < 4.78 is 26.4. The van der Waals surface area contributed by atoms with Gasteiger partial charge in [0.2, 0.25) is 0 Å². The first-order valence-electron chi connectivity index (χ1n) is 5.28. The van der Waals surface area contributed by atoms with E-state index in [4.69, 9.17) is 10.8 Å². The number of aliphatic carboxylic acids is 1. The molecule has 94 valence electrons. The monoisotopic (exact) mass is 243 g/mol. The highest BCUT2D eigenvalue weighted by Crippen LogP contribution is 2.31. The fraction of sp³-hybridized carbons (Fsp3) is 0.417. The fourth-order valence-corrected chi connectivity index (χ4v) is 1.97. The van der Waals surface area contributed by atoms with Crippen LogP contribution in [-0.4, -0.2) is 11.1 Å². The molecule has 0 radical (unpaired) electrons. The molecular formula is C12H15F2NO2. The zero-order valence-electron chi connectivity index (χ0n) is 9.71. The molecule has 1 rings (SSSR count). The molecule has 1 unspecified atom stereocenters. The largest absolute Gasteiger partial charge is 0.481 e. The van der Waals surface area contributed by atoms with Crippen LogP contribution in [0.3, 0.4) is 0 Å². The third kappa shape index (κ3) is 2.61. The van der Waals surface area contributed by atoms with Crippen LogP contribution in [0, 0.1) is 17.6 Å². The lowest BCUT2D eigenvalue weighted by Crippen LogP contribution is -2.45. The van der Waals surface area contributed by atoms with Crippen molar-refractivity contribution in [2.75, 3.05) is 0 Å². The Hall–Kier alpha value is -1.49. The topological polar surface area (TPSA) is 63.3 Å². The maximum absolute atomic E-state index is 13.6. The van der Waals surface area contributed by atoms with Crippen LogP contribution in [-0.2, 0) is 10.3 Å². The SMILES string of the molecule is CC[C@H](C(=O)O)C(C)(N)c1ccc(F)cc1F. The van der Waals surface area contributed by atoms with E-state index < -0.39 is 29.1 Å². The summed E-state index contributed by atoms with van der Waals surface area (Å²) in [5, 5.41) is 9.04. The minimum atomic E-state index is -1.38. The lowest BCUT2D eigenvalue weighted by molar-refractivity contribution is -0.144. The summed E-state index contributed by atoms with van der Waals surface area (Å²) in [7, 11) is 0. The molecule has 0 bridgehead atoms. The van der Waals surface area contributed by atoms with Crippen molar-refractivity contribution in [2.45, 2.75) is 25.8 Å². The molecule has 17 heavy (non-hydrogen) atoms. The normalized spacial score (nSPS) is 16.3. The lowest BCUT2D eigenvalue weighted by Gasteiger charge is -2.31. The Morgan fingerprint density at radius 3 is 2.53 bits per heavy atom. The van der Waals surface area contributed by atoms with Gasteiger partial charge in [0.1, 0.15) is 11.6 Å². The molecule has 1 aromatic rings. The van der Waals surface area contributed by atoms with E-state index in [1.54, 1.807) is 6.92 Å². The molecule has 0 saturated carbocycles. The van der Waals surface area contributed by atoms with Crippen LogP contribution in [0.15, 0.2) is 18.2 Å². The molecular weight excluding hydrogens is 228 g/mol. The zero-order chi connectivity index (χ0) is 13.2. The Kier molecular flexibility index (Phi) is 3.83. The predicted molar refractivity (Wildman–Crippen MR) is 59.3 cm³/mol. The molecule has 5 heteroatoms. The number of nitrogens with two attached hydrogens (primary N) is 1. The third-order valence-electron chi connectivity index (χ3n) is 2.94. The van der Waals surface area contributed by atoms with E-state index >= 15 is 0 Å². The van der Waals surface area contributed by atoms with Crippen molar-refractivity contribution in [3.63, 3.8) is 0 Å². The molecule has 0 aromatic heterocycles. The number of benzene rings is 1. The molecule has 0 aliphatic heterocycles. The average Bonchev–Trinajstić information content (AvgIpc) is 2.16. The van der Waals surface area contributed by atoms with Crippen LogP contribution in [0.2, 0.25) is 0 Å². The van der Waals surface area contributed by atoms with Gasteiger partial charge in [-0.05, 0) is 19.4 Å². The van der Waals surface area contributed by atoms with Crippen LogP contribution < -0.4 is 5.73 Å². The van der Waals surface area contributed by atoms with E-state index in [1.165, 1.54) is 13.0 Å². The summed E-state index contributed by atoms with van der Waals surface area (Å²) in [4.78, 5) is 11.1. The van der Waals surface area contributed by atoms with Crippen molar-refractivity contribution in [3.8, 4) is 0 Å². The highest BCUT2D eigenvalue weighted by Gasteiger charge is 2.37. The number of carboxylic acids is 1. The van der Waals surface area contributed by atoms with Crippen LogP contribution in [0.1, 0.15) is 25.8 Å². The molecule has 0 amide bonds. The smallest absolute Gasteiger partial charge is 0.308 e. The minimum absolute atomic E-state index is 0.00755. The number of halogens is 2. The molecule has 3 N–H and O–H groups in total. The van der Waals surface area contributed by atoms with Gasteiger partial charge in [-0.2, -0.15) is 0 Å². The summed E-state index contributed by atoms with van der Waals surface area (Å²) in [6.45, 7) is 3.09. The van der Waals surface area contributed by atoms with E-state index in [1.807, 2.05) is 0 Å². The van der Waals surface area contributed by atoms with Gasteiger partial charge in [0.15, 0.2) is 0 Å². The first-order chi connectivity index (χ1) is 7.80. The standard InChI is InChI=1S/C12H15F2NO2/c1-3-8(11(16)17)12(2,15)9-5-4-7(13)6-10(9)14/h4-6,8H,3,15H2,1-2H3,(H,16,17)/t8-,12?/m1/s1. The van der Waals surface area contributed by atoms with Crippen LogP contribution in [0.25, 0.3) is 0 Å². The second-order valence-corrected chi connectivity index (χ2v) is 4.21. The number of hydrogen-bond acceptors (Lipinski definition) is 2. The van der Waals surface area contributed by atoms with Gasteiger partial charge in [0, 0.05) is 11.6 Å². The van der Waals surface area contributed by atoms with Gasteiger partial charge >= 0.3 is 5.97 Å². The highest BCUT2D eigenvalue weighted by atomic mass is 19.1. The van der Waals surface area contributed by atoms with Crippen molar-refractivity contribution in [3.05, 3.63) is 35.4 Å². The predicted octanol–water partition coefficient (Wildman–Crippen LogP) is 2.25. The average molecular weight is 243 g/mol. The maximum atomic E-state index is 13.6. The van der Waals surface area contributed by atoms with Crippen molar-refractivity contribution < 1.29 is 18.7 Å². The quantitative estimate of drug-likeness (QED) is 0.852. The Balaban J connectivity index is 3.24. The lowest BCUT2D eigenvalue weighted by atomic mass is 9.78. The Morgan fingerprint density at radius 2 is 2.12 bits per heavy atom. The van der Waals surface area contributed by atoms with Crippen molar-refractivity contribution in [1.82, 2.24) is 0 Å². The minimum Gasteiger partial charge on any atom is -0.481 e. The highest BCUT2D eigenvalue weighted by molar-refractivity contribution is 5.72. The van der Waals surface area contributed by atoms with Gasteiger partial charge in [-0.3, -0.25) is 4.79 Å². The molecule has 0 aliphatic rings. The first-order valence-corrected chi connectivity index (χ1v) is 5.28. The molecule has 2 atom stereocenters. The number of rotatable bonds is 4. The van der Waals surface area contributed by atoms with E-state index in [-0.39, 0.29) is 12.0 Å².